The molecule has 0 aliphatic rings. The monoisotopic (exact) mass is 251 g/mol. The maximum absolute atomic E-state index is 13.1. The third-order valence-corrected chi connectivity index (χ3v) is 2.41. The molecule has 1 aromatic carbocycles. The molecule has 0 bridgehead atoms. The zero-order valence-electron chi connectivity index (χ0n) is 8.68. The van der Waals surface area contributed by atoms with E-state index >= 15 is 0 Å². The number of hydrogen-bond donors (Lipinski definition) is 2. The predicted molar refractivity (Wildman–Crippen MR) is 50.7 cm³/mol. The molecule has 0 aliphatic carbocycles. The smallest absolute Gasteiger partial charge is 0.421 e. The van der Waals surface area contributed by atoms with Crippen molar-refractivity contribution in [2.45, 2.75) is 18.6 Å². The summed E-state index contributed by atoms with van der Waals surface area (Å²) >= 11 is 0. The lowest BCUT2D eigenvalue weighted by Crippen LogP contribution is -2.56. The molecule has 1 aromatic rings. The Bertz CT molecular complexity index is 458. The highest BCUT2D eigenvalue weighted by Gasteiger charge is 2.59. The van der Waals surface area contributed by atoms with Crippen molar-refractivity contribution in [1.29, 1.82) is 0 Å². The average molecular weight is 251 g/mol. The van der Waals surface area contributed by atoms with E-state index in [0.29, 0.717) is 6.07 Å². The Balaban J connectivity index is 3.44. The van der Waals surface area contributed by atoms with Crippen LogP contribution >= 0.6 is 0 Å². The van der Waals surface area contributed by atoms with Gasteiger partial charge >= 0.3 is 12.1 Å². The average Bonchev–Trinajstić information content (AvgIpc) is 2.19. The summed E-state index contributed by atoms with van der Waals surface area (Å²) in [6.07, 6.45) is -5.22. The number of aryl methyl sites for hydroxylation is 1. The number of carboxylic acids is 1. The van der Waals surface area contributed by atoms with Crippen molar-refractivity contribution in [2.75, 3.05) is 0 Å². The Hall–Kier alpha value is -1.63. The number of alkyl halides is 3. The topological polar surface area (TPSA) is 63.3 Å². The summed E-state index contributed by atoms with van der Waals surface area (Å²) in [6, 6.07) is 2.37. The van der Waals surface area contributed by atoms with Crippen LogP contribution in [0.5, 0.6) is 0 Å². The minimum Gasteiger partial charge on any atom is -0.479 e. The van der Waals surface area contributed by atoms with E-state index in [1.807, 2.05) is 0 Å². The highest BCUT2D eigenvalue weighted by Crippen LogP contribution is 2.37. The Morgan fingerprint density at radius 2 is 1.88 bits per heavy atom. The molecule has 0 radical (unpaired) electrons. The maximum Gasteiger partial charge on any atom is 0.421 e. The largest absolute Gasteiger partial charge is 0.479 e. The summed E-state index contributed by atoms with van der Waals surface area (Å²) in [6.45, 7) is 1.34. The molecular formula is C10H9F4NO2. The number of nitrogens with two attached hydrogens (primary N) is 1. The molecule has 0 fully saturated rings. The Kier molecular flexibility index (Phi) is 3.15. The fourth-order valence-corrected chi connectivity index (χ4v) is 1.25. The molecule has 0 amide bonds. The molecular weight excluding hydrogens is 242 g/mol. The van der Waals surface area contributed by atoms with Crippen LogP contribution < -0.4 is 5.73 Å². The van der Waals surface area contributed by atoms with Crippen molar-refractivity contribution in [1.82, 2.24) is 0 Å². The van der Waals surface area contributed by atoms with E-state index in [0.717, 1.165) is 12.1 Å². The lowest BCUT2D eigenvalue weighted by Gasteiger charge is -2.27. The Morgan fingerprint density at radius 3 is 2.24 bits per heavy atom. The van der Waals surface area contributed by atoms with Gasteiger partial charge in [-0.3, -0.25) is 0 Å². The van der Waals surface area contributed by atoms with Crippen molar-refractivity contribution in [2.24, 2.45) is 5.73 Å². The quantitative estimate of drug-likeness (QED) is 0.789. The van der Waals surface area contributed by atoms with Crippen LogP contribution in [-0.2, 0) is 10.3 Å². The lowest BCUT2D eigenvalue weighted by molar-refractivity contribution is -0.204. The van der Waals surface area contributed by atoms with Crippen LogP contribution in [-0.4, -0.2) is 17.3 Å². The molecule has 94 valence electrons. The first kappa shape index (κ1) is 13.4. The zero-order chi connectivity index (χ0) is 13.4. The van der Waals surface area contributed by atoms with Gasteiger partial charge in [0.2, 0.25) is 5.54 Å². The number of hydrogen-bond acceptors (Lipinski definition) is 2. The predicted octanol–water partition coefficient (Wildman–Crippen LogP) is 1.94. The van der Waals surface area contributed by atoms with E-state index < -0.39 is 29.1 Å². The third kappa shape index (κ3) is 2.10. The van der Waals surface area contributed by atoms with Gasteiger partial charge in [-0.05, 0) is 24.1 Å². The van der Waals surface area contributed by atoms with E-state index in [1.54, 1.807) is 0 Å². The number of rotatable bonds is 2. The van der Waals surface area contributed by atoms with Gasteiger partial charge in [-0.2, -0.15) is 13.2 Å². The molecule has 1 unspecified atom stereocenters. The molecule has 17 heavy (non-hydrogen) atoms. The third-order valence-electron chi connectivity index (χ3n) is 2.41. The van der Waals surface area contributed by atoms with Crippen LogP contribution in [0, 0.1) is 12.7 Å². The van der Waals surface area contributed by atoms with Gasteiger partial charge in [0.15, 0.2) is 0 Å². The van der Waals surface area contributed by atoms with Crippen molar-refractivity contribution < 1.29 is 27.5 Å². The van der Waals surface area contributed by atoms with Gasteiger partial charge in [-0.25, -0.2) is 9.18 Å². The minimum absolute atomic E-state index is 0.101. The number of benzene rings is 1. The van der Waals surface area contributed by atoms with Gasteiger partial charge in [0.1, 0.15) is 5.82 Å². The summed E-state index contributed by atoms with van der Waals surface area (Å²) in [4.78, 5) is 10.7. The van der Waals surface area contributed by atoms with Gasteiger partial charge in [0.05, 0.1) is 0 Å². The molecule has 3 nitrogen and oxygen atoms in total. The molecule has 0 spiro atoms. The first-order chi connectivity index (χ1) is 7.60. The van der Waals surface area contributed by atoms with Gasteiger partial charge < -0.3 is 10.8 Å². The second kappa shape index (κ2) is 3.99. The first-order valence-corrected chi connectivity index (χ1v) is 4.46. The van der Waals surface area contributed by atoms with Crippen LogP contribution in [0.3, 0.4) is 0 Å². The van der Waals surface area contributed by atoms with Crippen LogP contribution in [0.25, 0.3) is 0 Å². The lowest BCUT2D eigenvalue weighted by atomic mass is 9.89. The van der Waals surface area contributed by atoms with E-state index in [-0.39, 0.29) is 5.56 Å². The molecule has 1 rings (SSSR count). The Labute approximate surface area is 93.8 Å². The van der Waals surface area contributed by atoms with Gasteiger partial charge in [-0.15, -0.1) is 0 Å². The molecule has 0 aromatic heterocycles. The van der Waals surface area contributed by atoms with Crippen LogP contribution in [0.1, 0.15) is 11.1 Å². The van der Waals surface area contributed by atoms with E-state index in [2.05, 4.69) is 0 Å². The van der Waals surface area contributed by atoms with Crippen molar-refractivity contribution >= 4 is 5.97 Å². The second-order valence-corrected chi connectivity index (χ2v) is 3.57. The van der Waals surface area contributed by atoms with Gasteiger partial charge in [0.25, 0.3) is 0 Å². The first-order valence-electron chi connectivity index (χ1n) is 4.46. The molecule has 0 saturated carbocycles. The number of halogens is 4. The molecule has 0 saturated heterocycles. The van der Waals surface area contributed by atoms with Crippen LogP contribution in [0.15, 0.2) is 18.2 Å². The van der Waals surface area contributed by atoms with Crippen molar-refractivity contribution in [3.8, 4) is 0 Å². The van der Waals surface area contributed by atoms with Crippen molar-refractivity contribution in [3.05, 3.63) is 35.1 Å². The summed E-state index contributed by atoms with van der Waals surface area (Å²) in [5, 5.41) is 8.61. The summed E-state index contributed by atoms with van der Waals surface area (Å²) in [7, 11) is 0. The normalized spacial score (nSPS) is 15.4. The summed E-state index contributed by atoms with van der Waals surface area (Å²) in [5.41, 5.74) is 0.511. The minimum atomic E-state index is -5.22. The van der Waals surface area contributed by atoms with E-state index in [9.17, 15) is 22.4 Å². The van der Waals surface area contributed by atoms with Crippen LogP contribution in [0.4, 0.5) is 17.6 Å². The highest BCUT2D eigenvalue weighted by molar-refractivity contribution is 5.81. The molecule has 0 aliphatic heterocycles. The summed E-state index contributed by atoms with van der Waals surface area (Å²) in [5.74, 6) is -3.23. The number of aliphatic carboxylic acids is 1. The standard InChI is InChI=1S/C10H9F4NO2/c1-5-2-3-6(4-7(5)11)9(15,8(16)17)10(12,13)14/h2-4H,15H2,1H3,(H,16,17). The van der Waals surface area contributed by atoms with Gasteiger partial charge in [-0.1, -0.05) is 12.1 Å². The van der Waals surface area contributed by atoms with Crippen molar-refractivity contribution in [3.63, 3.8) is 0 Å². The number of carbonyl (C=O) groups is 1. The fraction of sp³-hybridized carbons (Fsp3) is 0.300. The molecule has 7 heteroatoms. The fourth-order valence-electron chi connectivity index (χ4n) is 1.25. The number of carboxylic acid groups (broad SMARTS) is 1. The molecule has 0 heterocycles. The van der Waals surface area contributed by atoms with E-state index in [1.165, 1.54) is 6.92 Å². The maximum atomic E-state index is 13.1. The second-order valence-electron chi connectivity index (χ2n) is 3.57. The molecule has 1 atom stereocenters. The van der Waals surface area contributed by atoms with Crippen LogP contribution in [0.2, 0.25) is 0 Å². The Morgan fingerprint density at radius 1 is 1.35 bits per heavy atom. The SMILES string of the molecule is Cc1ccc(C(N)(C(=O)O)C(F)(F)F)cc1F. The van der Waals surface area contributed by atoms with E-state index in [4.69, 9.17) is 10.8 Å². The highest BCUT2D eigenvalue weighted by atomic mass is 19.4. The zero-order valence-corrected chi connectivity index (χ0v) is 8.68. The summed E-state index contributed by atoms with van der Waals surface area (Å²) < 4.78 is 51.1. The van der Waals surface area contributed by atoms with Gasteiger partial charge in [0, 0.05) is 0 Å². The molecule has 3 N–H and O–H groups in total.